The van der Waals surface area contributed by atoms with Crippen molar-refractivity contribution in [3.8, 4) is 0 Å². The molecule has 1 heteroatoms. The quantitative estimate of drug-likeness (QED) is 0.797. The van der Waals surface area contributed by atoms with Crippen LogP contribution in [0.5, 0.6) is 0 Å². The second kappa shape index (κ2) is 7.45. The van der Waals surface area contributed by atoms with E-state index >= 15 is 0 Å². The molecule has 0 radical (unpaired) electrons. The number of aryl methyl sites for hydroxylation is 2. The van der Waals surface area contributed by atoms with Crippen molar-refractivity contribution in [3.05, 3.63) is 34.9 Å². The molecule has 0 bridgehead atoms. The molecule has 1 aliphatic carbocycles. The minimum atomic E-state index is 0.742. The van der Waals surface area contributed by atoms with Crippen LogP contribution in [-0.2, 0) is 0 Å². The predicted octanol–water partition coefficient (Wildman–Crippen LogP) is 5.07. The smallest absolute Gasteiger partial charge is 0.00146 e. The molecule has 0 saturated heterocycles. The molecule has 0 amide bonds. The Morgan fingerprint density at radius 3 is 2.67 bits per heavy atom. The van der Waals surface area contributed by atoms with Gasteiger partial charge in [0.1, 0.15) is 0 Å². The maximum absolute atomic E-state index is 3.70. The van der Waals surface area contributed by atoms with Crippen molar-refractivity contribution in [2.24, 2.45) is 17.8 Å². The lowest BCUT2D eigenvalue weighted by molar-refractivity contribution is 0.239. The third-order valence-corrected chi connectivity index (χ3v) is 5.05. The molecular weight excluding hydrogens is 254 g/mol. The van der Waals surface area contributed by atoms with Crippen LogP contribution in [0.2, 0.25) is 0 Å². The molecule has 1 saturated carbocycles. The Bertz CT molecular complexity index is 449. The van der Waals surface area contributed by atoms with Gasteiger partial charge in [-0.1, -0.05) is 51.0 Å². The first-order chi connectivity index (χ1) is 9.97. The molecule has 3 unspecified atom stereocenters. The standard InChI is InChI=1S/C20H33N/c1-14(2)12-21-13-18-9-7-16(4)11-20(18)19-10-15(3)6-8-17(19)5/h6,8,10,14,16,18,20-21H,7,9,11-13H2,1-5H3. The molecule has 0 aromatic heterocycles. The van der Waals surface area contributed by atoms with E-state index in [1.165, 1.54) is 36.9 Å². The van der Waals surface area contributed by atoms with Gasteiger partial charge in [-0.15, -0.1) is 0 Å². The van der Waals surface area contributed by atoms with E-state index in [0.29, 0.717) is 0 Å². The zero-order valence-electron chi connectivity index (χ0n) is 14.6. The van der Waals surface area contributed by atoms with Gasteiger partial charge in [-0.05, 0) is 74.6 Å². The van der Waals surface area contributed by atoms with Crippen LogP contribution in [0.4, 0.5) is 0 Å². The van der Waals surface area contributed by atoms with Crippen molar-refractivity contribution in [3.63, 3.8) is 0 Å². The molecule has 3 atom stereocenters. The van der Waals surface area contributed by atoms with Crippen molar-refractivity contribution in [1.29, 1.82) is 0 Å². The van der Waals surface area contributed by atoms with Gasteiger partial charge in [0.25, 0.3) is 0 Å². The molecular formula is C20H33N. The summed E-state index contributed by atoms with van der Waals surface area (Å²) in [6.07, 6.45) is 4.14. The Morgan fingerprint density at radius 1 is 1.19 bits per heavy atom. The molecule has 0 heterocycles. The average Bonchev–Trinajstić information content (AvgIpc) is 2.43. The van der Waals surface area contributed by atoms with E-state index in [1.54, 1.807) is 5.56 Å². The monoisotopic (exact) mass is 287 g/mol. The van der Waals surface area contributed by atoms with Gasteiger partial charge in [-0.2, -0.15) is 0 Å². The van der Waals surface area contributed by atoms with Gasteiger partial charge in [0.05, 0.1) is 0 Å². The van der Waals surface area contributed by atoms with Gasteiger partial charge in [-0.25, -0.2) is 0 Å². The fourth-order valence-electron chi connectivity index (χ4n) is 3.79. The molecule has 0 spiro atoms. The van der Waals surface area contributed by atoms with Crippen LogP contribution < -0.4 is 5.32 Å². The highest BCUT2D eigenvalue weighted by Crippen LogP contribution is 2.41. The first-order valence-corrected chi connectivity index (χ1v) is 8.75. The lowest BCUT2D eigenvalue weighted by Gasteiger charge is -2.36. The predicted molar refractivity (Wildman–Crippen MR) is 92.9 cm³/mol. The van der Waals surface area contributed by atoms with E-state index in [2.05, 4.69) is 58.1 Å². The Hall–Kier alpha value is -0.820. The Morgan fingerprint density at radius 2 is 1.95 bits per heavy atom. The molecule has 1 aromatic rings. The molecule has 2 rings (SSSR count). The molecule has 21 heavy (non-hydrogen) atoms. The van der Waals surface area contributed by atoms with Crippen LogP contribution in [0.1, 0.15) is 62.6 Å². The molecule has 1 fully saturated rings. The SMILES string of the molecule is Cc1ccc(C)c(C2CC(C)CCC2CNCC(C)C)c1. The van der Waals surface area contributed by atoms with Crippen LogP contribution in [0.3, 0.4) is 0 Å². The lowest BCUT2D eigenvalue weighted by Crippen LogP contribution is -2.33. The zero-order valence-corrected chi connectivity index (χ0v) is 14.6. The highest BCUT2D eigenvalue weighted by molar-refractivity contribution is 5.34. The molecule has 1 N–H and O–H groups in total. The minimum absolute atomic E-state index is 0.742. The number of rotatable bonds is 5. The summed E-state index contributed by atoms with van der Waals surface area (Å²) in [6.45, 7) is 13.8. The van der Waals surface area contributed by atoms with Gasteiger partial charge >= 0.3 is 0 Å². The molecule has 1 aliphatic rings. The van der Waals surface area contributed by atoms with Gasteiger partial charge < -0.3 is 5.32 Å². The van der Waals surface area contributed by atoms with E-state index in [0.717, 1.165) is 30.2 Å². The Labute approximate surface area is 131 Å². The fraction of sp³-hybridized carbons (Fsp3) is 0.700. The fourth-order valence-corrected chi connectivity index (χ4v) is 3.79. The van der Waals surface area contributed by atoms with E-state index in [-0.39, 0.29) is 0 Å². The van der Waals surface area contributed by atoms with Crippen molar-refractivity contribution in [2.45, 2.75) is 59.8 Å². The summed E-state index contributed by atoms with van der Waals surface area (Å²) < 4.78 is 0. The van der Waals surface area contributed by atoms with Gasteiger partial charge in [0, 0.05) is 0 Å². The summed E-state index contributed by atoms with van der Waals surface area (Å²) in [5.74, 6) is 3.16. The molecule has 1 nitrogen and oxygen atoms in total. The van der Waals surface area contributed by atoms with Gasteiger partial charge in [-0.3, -0.25) is 0 Å². The number of nitrogens with one attached hydrogen (secondary N) is 1. The maximum Gasteiger partial charge on any atom is -0.00146 e. The lowest BCUT2D eigenvalue weighted by atomic mass is 9.70. The van der Waals surface area contributed by atoms with Gasteiger partial charge in [0.2, 0.25) is 0 Å². The zero-order chi connectivity index (χ0) is 15.4. The highest BCUT2D eigenvalue weighted by atomic mass is 14.9. The topological polar surface area (TPSA) is 12.0 Å². The second-order valence-corrected chi connectivity index (χ2v) is 7.70. The van der Waals surface area contributed by atoms with Gasteiger partial charge in [0.15, 0.2) is 0 Å². The molecule has 1 aromatic carbocycles. The molecule has 118 valence electrons. The number of hydrogen-bond donors (Lipinski definition) is 1. The summed E-state index contributed by atoms with van der Waals surface area (Å²) >= 11 is 0. The Kier molecular flexibility index (Phi) is 5.87. The van der Waals surface area contributed by atoms with Crippen molar-refractivity contribution >= 4 is 0 Å². The van der Waals surface area contributed by atoms with Crippen molar-refractivity contribution < 1.29 is 0 Å². The summed E-state index contributed by atoms with van der Waals surface area (Å²) in [5, 5.41) is 3.70. The van der Waals surface area contributed by atoms with Crippen molar-refractivity contribution in [1.82, 2.24) is 5.32 Å². The summed E-state index contributed by atoms with van der Waals surface area (Å²) in [4.78, 5) is 0. The van der Waals surface area contributed by atoms with E-state index < -0.39 is 0 Å². The molecule has 0 aliphatic heterocycles. The van der Waals surface area contributed by atoms with E-state index in [9.17, 15) is 0 Å². The first kappa shape index (κ1) is 16.5. The third kappa shape index (κ3) is 4.57. The van der Waals surface area contributed by atoms with Crippen LogP contribution in [0.15, 0.2) is 18.2 Å². The van der Waals surface area contributed by atoms with E-state index in [1.807, 2.05) is 0 Å². The van der Waals surface area contributed by atoms with Crippen LogP contribution in [0, 0.1) is 31.6 Å². The van der Waals surface area contributed by atoms with Crippen molar-refractivity contribution in [2.75, 3.05) is 13.1 Å². The normalized spacial score (nSPS) is 26.3. The minimum Gasteiger partial charge on any atom is -0.316 e. The highest BCUT2D eigenvalue weighted by Gasteiger charge is 2.30. The first-order valence-electron chi connectivity index (χ1n) is 8.75. The summed E-state index contributed by atoms with van der Waals surface area (Å²) in [7, 11) is 0. The average molecular weight is 287 g/mol. The summed E-state index contributed by atoms with van der Waals surface area (Å²) in [6, 6.07) is 6.99. The van der Waals surface area contributed by atoms with E-state index in [4.69, 9.17) is 0 Å². The maximum atomic E-state index is 3.70. The summed E-state index contributed by atoms with van der Waals surface area (Å²) in [5.41, 5.74) is 4.49. The largest absolute Gasteiger partial charge is 0.316 e. The van der Waals surface area contributed by atoms with Crippen LogP contribution >= 0.6 is 0 Å². The second-order valence-electron chi connectivity index (χ2n) is 7.70. The third-order valence-electron chi connectivity index (χ3n) is 5.05. The van der Waals surface area contributed by atoms with Crippen LogP contribution in [0.25, 0.3) is 0 Å². The number of hydrogen-bond acceptors (Lipinski definition) is 1. The number of benzene rings is 1. The van der Waals surface area contributed by atoms with Crippen LogP contribution in [-0.4, -0.2) is 13.1 Å². The Balaban J connectivity index is 2.12.